The minimum atomic E-state index is -0.810. The van der Waals surface area contributed by atoms with Crippen LogP contribution in [0.2, 0.25) is 0 Å². The second-order valence-electron chi connectivity index (χ2n) is 7.25. The average Bonchev–Trinajstić information content (AvgIpc) is 2.60. The van der Waals surface area contributed by atoms with Gasteiger partial charge < -0.3 is 15.2 Å². The van der Waals surface area contributed by atoms with E-state index in [1.807, 2.05) is 24.3 Å². The molecule has 138 valence electrons. The van der Waals surface area contributed by atoms with Gasteiger partial charge in [0, 0.05) is 12.0 Å². The van der Waals surface area contributed by atoms with Crippen molar-refractivity contribution in [3.8, 4) is 5.75 Å². The van der Waals surface area contributed by atoms with Gasteiger partial charge >= 0.3 is 5.97 Å². The second kappa shape index (κ2) is 8.04. The summed E-state index contributed by atoms with van der Waals surface area (Å²) in [4.78, 5) is 24.5. The Morgan fingerprint density at radius 2 is 1.77 bits per heavy atom. The molecule has 0 unspecified atom stereocenters. The second-order valence-corrected chi connectivity index (χ2v) is 7.25. The summed E-state index contributed by atoms with van der Waals surface area (Å²) in [5.41, 5.74) is 2.44. The van der Waals surface area contributed by atoms with Crippen LogP contribution in [0.15, 0.2) is 48.5 Å². The van der Waals surface area contributed by atoms with E-state index in [9.17, 15) is 14.7 Å². The molecule has 2 N–H and O–H groups in total. The summed E-state index contributed by atoms with van der Waals surface area (Å²) < 4.78 is 4.82. The Balaban J connectivity index is 2.15. The van der Waals surface area contributed by atoms with Gasteiger partial charge in [-0.1, -0.05) is 51.1 Å². The molecular weight excluding hydrogens is 330 g/mol. The zero-order valence-corrected chi connectivity index (χ0v) is 15.6. The molecule has 0 radical (unpaired) electrons. The number of carbonyl (C=O) groups is 2. The number of rotatable bonds is 5. The number of aromatic hydroxyl groups is 1. The van der Waals surface area contributed by atoms with Gasteiger partial charge in [-0.25, -0.2) is 4.79 Å². The monoisotopic (exact) mass is 355 g/mol. The third-order valence-corrected chi connectivity index (χ3v) is 4.16. The lowest BCUT2D eigenvalue weighted by atomic mass is 9.86. The molecule has 5 heteroatoms. The highest BCUT2D eigenvalue weighted by Crippen LogP contribution is 2.22. The molecule has 0 heterocycles. The van der Waals surface area contributed by atoms with E-state index in [1.165, 1.54) is 24.8 Å². The fourth-order valence-corrected chi connectivity index (χ4v) is 2.60. The van der Waals surface area contributed by atoms with Crippen molar-refractivity contribution in [1.82, 2.24) is 5.32 Å². The molecule has 1 amide bonds. The van der Waals surface area contributed by atoms with Crippen LogP contribution in [0, 0.1) is 0 Å². The summed E-state index contributed by atoms with van der Waals surface area (Å²) in [6, 6.07) is 13.1. The smallest absolute Gasteiger partial charge is 0.328 e. The molecular formula is C21H25NO4. The number of esters is 1. The number of methoxy groups -OCH3 is 1. The van der Waals surface area contributed by atoms with Gasteiger partial charge in [0.05, 0.1) is 7.11 Å². The molecule has 1 atom stereocenters. The van der Waals surface area contributed by atoms with Crippen molar-refractivity contribution in [2.75, 3.05) is 7.11 Å². The molecule has 2 aromatic rings. The molecule has 0 aliphatic rings. The van der Waals surface area contributed by atoms with Gasteiger partial charge in [0.2, 0.25) is 0 Å². The Morgan fingerprint density at radius 1 is 1.12 bits per heavy atom. The van der Waals surface area contributed by atoms with Crippen LogP contribution in [0.4, 0.5) is 0 Å². The number of hydrogen-bond donors (Lipinski definition) is 2. The van der Waals surface area contributed by atoms with E-state index >= 15 is 0 Å². The lowest BCUT2D eigenvalue weighted by Crippen LogP contribution is -2.43. The molecule has 5 nitrogen and oxygen atoms in total. The van der Waals surface area contributed by atoms with Crippen molar-refractivity contribution >= 4 is 11.9 Å². The minimum absolute atomic E-state index is 0.00922. The van der Waals surface area contributed by atoms with E-state index in [4.69, 9.17) is 4.74 Å². The summed E-state index contributed by atoms with van der Waals surface area (Å²) in [5, 5.41) is 12.2. The van der Waals surface area contributed by atoms with Crippen molar-refractivity contribution in [1.29, 1.82) is 0 Å². The van der Waals surface area contributed by atoms with Gasteiger partial charge in [0.15, 0.2) is 0 Å². The Hall–Kier alpha value is -2.82. The van der Waals surface area contributed by atoms with E-state index in [-0.39, 0.29) is 16.7 Å². The fraction of sp³-hybridized carbons (Fsp3) is 0.333. The summed E-state index contributed by atoms with van der Waals surface area (Å²) in [6.45, 7) is 6.40. The van der Waals surface area contributed by atoms with Crippen molar-refractivity contribution in [2.45, 2.75) is 38.6 Å². The van der Waals surface area contributed by atoms with Crippen LogP contribution in [0.1, 0.15) is 42.3 Å². The van der Waals surface area contributed by atoms with E-state index < -0.39 is 17.9 Å². The topological polar surface area (TPSA) is 75.6 Å². The molecule has 2 rings (SSSR count). The largest absolute Gasteiger partial charge is 0.508 e. The summed E-state index contributed by atoms with van der Waals surface area (Å²) in [6.07, 6.45) is 0.321. The molecule has 0 saturated heterocycles. The van der Waals surface area contributed by atoms with Gasteiger partial charge in [-0.15, -0.1) is 0 Å². The maximum Gasteiger partial charge on any atom is 0.328 e. The lowest BCUT2D eigenvalue weighted by Gasteiger charge is -2.20. The van der Waals surface area contributed by atoms with Crippen LogP contribution in [0.3, 0.4) is 0 Å². The standard InChI is InChI=1S/C21H25NO4/c1-21(2,3)16-10-8-14(9-11-16)12-18(20(25)26-4)22-19(24)15-6-5-7-17(23)13-15/h5-11,13,18,23H,12H2,1-4H3,(H,22,24)/t18-/m0/s1. The first-order valence-corrected chi connectivity index (χ1v) is 8.48. The number of phenolic OH excluding ortho intramolecular Hbond substituents is 1. The van der Waals surface area contributed by atoms with E-state index in [0.717, 1.165) is 5.56 Å². The number of ether oxygens (including phenoxy) is 1. The van der Waals surface area contributed by atoms with Gasteiger partial charge in [-0.05, 0) is 34.7 Å². The Labute approximate surface area is 154 Å². The number of hydrogen-bond acceptors (Lipinski definition) is 4. The number of nitrogens with one attached hydrogen (secondary N) is 1. The highest BCUT2D eigenvalue weighted by atomic mass is 16.5. The van der Waals surface area contributed by atoms with Gasteiger partial charge in [-0.2, -0.15) is 0 Å². The summed E-state index contributed by atoms with van der Waals surface area (Å²) in [7, 11) is 1.29. The third kappa shape index (κ3) is 5.09. The molecule has 0 bridgehead atoms. The van der Waals surface area contributed by atoms with Gasteiger partial charge in [0.25, 0.3) is 5.91 Å². The first-order valence-electron chi connectivity index (χ1n) is 8.48. The molecule has 0 fully saturated rings. The van der Waals surface area contributed by atoms with Crippen molar-refractivity contribution in [2.24, 2.45) is 0 Å². The third-order valence-electron chi connectivity index (χ3n) is 4.16. The number of amides is 1. The maximum atomic E-state index is 12.4. The molecule has 0 aromatic heterocycles. The first-order chi connectivity index (χ1) is 12.2. The number of benzene rings is 2. The number of carbonyl (C=O) groups excluding carboxylic acids is 2. The molecule has 2 aromatic carbocycles. The zero-order valence-electron chi connectivity index (χ0n) is 15.6. The zero-order chi connectivity index (χ0) is 19.3. The molecule has 0 aliphatic carbocycles. The van der Waals surface area contributed by atoms with Gasteiger partial charge in [-0.3, -0.25) is 4.79 Å². The first kappa shape index (κ1) is 19.5. The Morgan fingerprint density at radius 3 is 2.31 bits per heavy atom. The molecule has 0 aliphatic heterocycles. The van der Waals surface area contributed by atoms with Crippen molar-refractivity contribution in [3.63, 3.8) is 0 Å². The van der Waals surface area contributed by atoms with E-state index in [2.05, 4.69) is 26.1 Å². The lowest BCUT2D eigenvalue weighted by molar-refractivity contribution is -0.142. The van der Waals surface area contributed by atoms with Crippen LogP contribution < -0.4 is 5.32 Å². The van der Waals surface area contributed by atoms with Crippen molar-refractivity contribution < 1.29 is 19.4 Å². The molecule has 0 saturated carbocycles. The van der Waals surface area contributed by atoms with Crippen molar-refractivity contribution in [3.05, 3.63) is 65.2 Å². The molecule has 0 spiro atoms. The normalized spacial score (nSPS) is 12.3. The predicted molar refractivity (Wildman–Crippen MR) is 100 cm³/mol. The van der Waals surface area contributed by atoms with Crippen LogP contribution in [-0.2, 0) is 21.4 Å². The summed E-state index contributed by atoms with van der Waals surface area (Å²) in [5.74, 6) is -0.967. The van der Waals surface area contributed by atoms with Crippen LogP contribution in [0.25, 0.3) is 0 Å². The summed E-state index contributed by atoms with van der Waals surface area (Å²) >= 11 is 0. The Kier molecular flexibility index (Phi) is 6.03. The maximum absolute atomic E-state index is 12.4. The fourth-order valence-electron chi connectivity index (χ4n) is 2.60. The Bertz CT molecular complexity index is 775. The van der Waals surface area contributed by atoms with Crippen LogP contribution >= 0.6 is 0 Å². The molecule has 26 heavy (non-hydrogen) atoms. The van der Waals surface area contributed by atoms with Gasteiger partial charge in [0.1, 0.15) is 11.8 Å². The highest BCUT2D eigenvalue weighted by molar-refractivity contribution is 5.97. The van der Waals surface area contributed by atoms with Crippen LogP contribution in [-0.4, -0.2) is 30.1 Å². The van der Waals surface area contributed by atoms with E-state index in [1.54, 1.807) is 12.1 Å². The number of phenols is 1. The quantitative estimate of drug-likeness (QED) is 0.808. The average molecular weight is 355 g/mol. The SMILES string of the molecule is COC(=O)[C@H](Cc1ccc(C(C)(C)C)cc1)NC(=O)c1cccc(O)c1. The minimum Gasteiger partial charge on any atom is -0.508 e. The van der Waals surface area contributed by atoms with E-state index in [0.29, 0.717) is 6.42 Å². The highest BCUT2D eigenvalue weighted by Gasteiger charge is 2.23. The predicted octanol–water partition coefficient (Wildman–Crippen LogP) is 3.20. The van der Waals surface area contributed by atoms with Crippen LogP contribution in [0.5, 0.6) is 5.75 Å².